The van der Waals surface area contributed by atoms with Crippen molar-refractivity contribution in [3.63, 3.8) is 0 Å². The van der Waals surface area contributed by atoms with E-state index in [-0.39, 0.29) is 0 Å². The first-order chi connectivity index (χ1) is 6.38. The van der Waals surface area contributed by atoms with E-state index in [1.54, 1.807) is 0 Å². The molecule has 1 fully saturated rings. The molecule has 1 atom stereocenters. The summed E-state index contributed by atoms with van der Waals surface area (Å²) in [6.07, 6.45) is 6.53. The van der Waals surface area contributed by atoms with Crippen LogP contribution in [0.3, 0.4) is 0 Å². The Kier molecular flexibility index (Phi) is 4.79. The molecular formula is C11H20N2. The van der Waals surface area contributed by atoms with Gasteiger partial charge in [0.2, 0.25) is 0 Å². The minimum Gasteiger partial charge on any atom is -0.315 e. The van der Waals surface area contributed by atoms with Crippen molar-refractivity contribution in [1.29, 1.82) is 0 Å². The summed E-state index contributed by atoms with van der Waals surface area (Å²) >= 11 is 0. The molecule has 1 saturated heterocycles. The van der Waals surface area contributed by atoms with E-state index in [0.717, 1.165) is 19.6 Å². The number of rotatable bonds is 5. The fraction of sp³-hybridized carbons (Fsp3) is 0.636. The Hall–Kier alpha value is -0.600. The van der Waals surface area contributed by atoms with Crippen LogP contribution in [0.25, 0.3) is 0 Å². The second-order valence-corrected chi connectivity index (χ2v) is 3.53. The molecule has 1 unspecified atom stereocenters. The van der Waals surface area contributed by atoms with Crippen molar-refractivity contribution >= 4 is 0 Å². The molecule has 0 bridgehead atoms. The van der Waals surface area contributed by atoms with E-state index in [9.17, 15) is 0 Å². The fourth-order valence-corrected chi connectivity index (χ4v) is 1.85. The Bertz CT molecular complexity index is 149. The summed E-state index contributed by atoms with van der Waals surface area (Å²) in [6.45, 7) is 11.8. The topological polar surface area (TPSA) is 15.3 Å². The van der Waals surface area contributed by atoms with Crippen molar-refractivity contribution < 1.29 is 0 Å². The van der Waals surface area contributed by atoms with Crippen LogP contribution in [-0.2, 0) is 0 Å². The molecule has 0 spiro atoms. The predicted molar refractivity (Wildman–Crippen MR) is 57.9 cm³/mol. The number of piperidine rings is 1. The Morgan fingerprint density at radius 2 is 2.00 bits per heavy atom. The quantitative estimate of drug-likeness (QED) is 0.644. The van der Waals surface area contributed by atoms with Gasteiger partial charge in [-0.15, -0.1) is 13.2 Å². The summed E-state index contributed by atoms with van der Waals surface area (Å²) in [5, 5.41) is 3.42. The van der Waals surface area contributed by atoms with Crippen molar-refractivity contribution in [3.8, 4) is 0 Å². The third-order valence-electron chi connectivity index (χ3n) is 2.51. The standard InChI is InChI=1S/C11H20N2/c1-3-8-13(9-4-2)11-6-5-7-12-10-11/h3-4,11-12H,1-2,5-10H2. The molecule has 0 aliphatic carbocycles. The van der Waals surface area contributed by atoms with Gasteiger partial charge in [-0.3, -0.25) is 4.90 Å². The summed E-state index contributed by atoms with van der Waals surface area (Å²) < 4.78 is 0. The molecule has 2 heteroatoms. The van der Waals surface area contributed by atoms with Crippen LogP contribution in [0.4, 0.5) is 0 Å². The highest BCUT2D eigenvalue weighted by molar-refractivity contribution is 4.87. The van der Waals surface area contributed by atoms with Crippen LogP contribution in [0.2, 0.25) is 0 Å². The van der Waals surface area contributed by atoms with E-state index in [4.69, 9.17) is 0 Å². The van der Waals surface area contributed by atoms with E-state index >= 15 is 0 Å². The second kappa shape index (κ2) is 5.95. The first-order valence-corrected chi connectivity index (χ1v) is 5.05. The molecule has 13 heavy (non-hydrogen) atoms. The van der Waals surface area contributed by atoms with E-state index in [2.05, 4.69) is 23.4 Å². The predicted octanol–water partition coefficient (Wildman–Crippen LogP) is 1.41. The average molecular weight is 180 g/mol. The first-order valence-electron chi connectivity index (χ1n) is 5.05. The van der Waals surface area contributed by atoms with Crippen LogP contribution in [0.15, 0.2) is 25.3 Å². The van der Waals surface area contributed by atoms with Gasteiger partial charge < -0.3 is 5.32 Å². The Morgan fingerprint density at radius 1 is 1.31 bits per heavy atom. The number of hydrogen-bond donors (Lipinski definition) is 1. The molecule has 0 aromatic heterocycles. The third kappa shape index (κ3) is 3.33. The van der Waals surface area contributed by atoms with Crippen molar-refractivity contribution in [3.05, 3.63) is 25.3 Å². The van der Waals surface area contributed by atoms with Gasteiger partial charge >= 0.3 is 0 Å². The van der Waals surface area contributed by atoms with Crippen molar-refractivity contribution in [2.75, 3.05) is 26.2 Å². The molecule has 1 aliphatic heterocycles. The molecule has 1 rings (SSSR count). The molecule has 1 N–H and O–H groups in total. The monoisotopic (exact) mass is 180 g/mol. The molecule has 0 aromatic rings. The summed E-state index contributed by atoms with van der Waals surface area (Å²) in [6, 6.07) is 0.671. The summed E-state index contributed by atoms with van der Waals surface area (Å²) in [5.41, 5.74) is 0. The Balaban J connectivity index is 2.40. The summed E-state index contributed by atoms with van der Waals surface area (Å²) in [4.78, 5) is 2.42. The number of hydrogen-bond acceptors (Lipinski definition) is 2. The van der Waals surface area contributed by atoms with Crippen LogP contribution in [0.5, 0.6) is 0 Å². The largest absolute Gasteiger partial charge is 0.315 e. The zero-order valence-electron chi connectivity index (χ0n) is 8.34. The molecule has 2 nitrogen and oxygen atoms in total. The van der Waals surface area contributed by atoms with Gasteiger partial charge in [0.15, 0.2) is 0 Å². The highest BCUT2D eigenvalue weighted by Gasteiger charge is 2.18. The van der Waals surface area contributed by atoms with Crippen molar-refractivity contribution in [2.45, 2.75) is 18.9 Å². The lowest BCUT2D eigenvalue weighted by atomic mass is 10.1. The lowest BCUT2D eigenvalue weighted by Crippen LogP contribution is -2.46. The third-order valence-corrected chi connectivity index (χ3v) is 2.51. The second-order valence-electron chi connectivity index (χ2n) is 3.53. The Morgan fingerprint density at radius 3 is 2.46 bits per heavy atom. The zero-order chi connectivity index (χ0) is 9.52. The van der Waals surface area contributed by atoms with E-state index in [1.165, 1.54) is 19.4 Å². The average Bonchev–Trinajstić information content (AvgIpc) is 2.19. The fourth-order valence-electron chi connectivity index (χ4n) is 1.85. The van der Waals surface area contributed by atoms with E-state index < -0.39 is 0 Å². The smallest absolute Gasteiger partial charge is 0.0227 e. The van der Waals surface area contributed by atoms with Gasteiger partial charge in [0.25, 0.3) is 0 Å². The van der Waals surface area contributed by atoms with E-state index in [0.29, 0.717) is 6.04 Å². The minimum absolute atomic E-state index is 0.671. The maximum absolute atomic E-state index is 3.78. The number of nitrogens with zero attached hydrogens (tertiary/aromatic N) is 1. The van der Waals surface area contributed by atoms with Crippen LogP contribution >= 0.6 is 0 Å². The molecule has 74 valence electrons. The molecular weight excluding hydrogens is 160 g/mol. The SMILES string of the molecule is C=CCN(CC=C)C1CCCNC1. The molecule has 0 aromatic carbocycles. The maximum Gasteiger partial charge on any atom is 0.0227 e. The molecule has 1 heterocycles. The summed E-state index contributed by atoms with van der Waals surface area (Å²) in [5.74, 6) is 0. The number of nitrogens with one attached hydrogen (secondary N) is 1. The van der Waals surface area contributed by atoms with Gasteiger partial charge in [0.05, 0.1) is 0 Å². The van der Waals surface area contributed by atoms with E-state index in [1.807, 2.05) is 12.2 Å². The van der Waals surface area contributed by atoms with Crippen LogP contribution in [-0.4, -0.2) is 37.1 Å². The molecule has 0 saturated carbocycles. The van der Waals surface area contributed by atoms with Crippen LogP contribution < -0.4 is 5.32 Å². The van der Waals surface area contributed by atoms with Gasteiger partial charge in [-0.2, -0.15) is 0 Å². The van der Waals surface area contributed by atoms with Gasteiger partial charge in [0, 0.05) is 25.7 Å². The lowest BCUT2D eigenvalue weighted by Gasteiger charge is -2.33. The minimum atomic E-state index is 0.671. The Labute approximate surface area is 81.3 Å². The molecule has 0 amide bonds. The molecule has 0 radical (unpaired) electrons. The van der Waals surface area contributed by atoms with Gasteiger partial charge in [0.1, 0.15) is 0 Å². The molecule has 1 aliphatic rings. The normalized spacial score (nSPS) is 23.0. The van der Waals surface area contributed by atoms with Crippen LogP contribution in [0.1, 0.15) is 12.8 Å². The lowest BCUT2D eigenvalue weighted by molar-refractivity contribution is 0.201. The van der Waals surface area contributed by atoms with Crippen molar-refractivity contribution in [1.82, 2.24) is 10.2 Å². The van der Waals surface area contributed by atoms with Gasteiger partial charge in [-0.05, 0) is 19.4 Å². The highest BCUT2D eigenvalue weighted by Crippen LogP contribution is 2.09. The van der Waals surface area contributed by atoms with Crippen molar-refractivity contribution in [2.24, 2.45) is 0 Å². The highest BCUT2D eigenvalue weighted by atomic mass is 15.2. The first kappa shape index (κ1) is 10.5. The zero-order valence-corrected chi connectivity index (χ0v) is 8.34. The van der Waals surface area contributed by atoms with Gasteiger partial charge in [-0.1, -0.05) is 12.2 Å². The summed E-state index contributed by atoms with van der Waals surface area (Å²) in [7, 11) is 0. The maximum atomic E-state index is 3.78. The van der Waals surface area contributed by atoms with Gasteiger partial charge in [-0.25, -0.2) is 0 Å². The van der Waals surface area contributed by atoms with Crippen LogP contribution in [0, 0.1) is 0 Å².